The van der Waals surface area contributed by atoms with E-state index in [9.17, 15) is 0 Å². The van der Waals surface area contributed by atoms with Gasteiger partial charge in [-0.3, -0.25) is 0 Å². The molecule has 0 amide bonds. The SMILES string of the molecule is CCOC(CCOc1ccc(C)cc1Br)OCC. The van der Waals surface area contributed by atoms with Crippen molar-refractivity contribution in [1.29, 1.82) is 0 Å². The molecule has 0 fully saturated rings. The first-order valence-corrected chi connectivity index (χ1v) is 7.08. The molecule has 0 saturated carbocycles. The van der Waals surface area contributed by atoms with E-state index in [2.05, 4.69) is 22.9 Å². The molecule has 18 heavy (non-hydrogen) atoms. The van der Waals surface area contributed by atoms with Gasteiger partial charge in [0.05, 0.1) is 11.1 Å². The van der Waals surface area contributed by atoms with Crippen LogP contribution in [-0.4, -0.2) is 26.1 Å². The summed E-state index contributed by atoms with van der Waals surface area (Å²) in [5.41, 5.74) is 1.20. The normalized spacial score (nSPS) is 10.9. The van der Waals surface area contributed by atoms with Gasteiger partial charge in [-0.15, -0.1) is 0 Å². The van der Waals surface area contributed by atoms with Crippen molar-refractivity contribution < 1.29 is 14.2 Å². The van der Waals surface area contributed by atoms with E-state index in [-0.39, 0.29) is 6.29 Å². The smallest absolute Gasteiger partial charge is 0.160 e. The molecule has 3 nitrogen and oxygen atoms in total. The lowest BCUT2D eigenvalue weighted by molar-refractivity contribution is -0.142. The van der Waals surface area contributed by atoms with E-state index in [0.717, 1.165) is 16.6 Å². The van der Waals surface area contributed by atoms with E-state index < -0.39 is 0 Å². The zero-order valence-electron chi connectivity index (χ0n) is 11.2. The minimum atomic E-state index is -0.177. The highest BCUT2D eigenvalue weighted by Crippen LogP contribution is 2.25. The Balaban J connectivity index is 2.39. The van der Waals surface area contributed by atoms with E-state index in [4.69, 9.17) is 14.2 Å². The summed E-state index contributed by atoms with van der Waals surface area (Å²) in [4.78, 5) is 0. The fourth-order valence-corrected chi connectivity index (χ4v) is 2.18. The molecule has 0 aliphatic rings. The summed E-state index contributed by atoms with van der Waals surface area (Å²) in [7, 11) is 0. The monoisotopic (exact) mass is 316 g/mol. The Morgan fingerprint density at radius 3 is 2.39 bits per heavy atom. The van der Waals surface area contributed by atoms with Gasteiger partial charge >= 0.3 is 0 Å². The maximum absolute atomic E-state index is 5.71. The van der Waals surface area contributed by atoms with E-state index in [0.29, 0.717) is 19.8 Å². The van der Waals surface area contributed by atoms with Crippen molar-refractivity contribution >= 4 is 15.9 Å². The highest BCUT2D eigenvalue weighted by molar-refractivity contribution is 9.10. The van der Waals surface area contributed by atoms with Gasteiger partial charge in [-0.05, 0) is 54.4 Å². The van der Waals surface area contributed by atoms with Crippen LogP contribution in [0, 0.1) is 6.92 Å². The predicted molar refractivity (Wildman–Crippen MR) is 76.0 cm³/mol. The topological polar surface area (TPSA) is 27.7 Å². The summed E-state index contributed by atoms with van der Waals surface area (Å²) in [5.74, 6) is 0.854. The van der Waals surface area contributed by atoms with Crippen LogP contribution in [-0.2, 0) is 9.47 Å². The largest absolute Gasteiger partial charge is 0.492 e. The van der Waals surface area contributed by atoms with Crippen LogP contribution in [0.25, 0.3) is 0 Å². The summed E-state index contributed by atoms with van der Waals surface area (Å²) in [6.07, 6.45) is 0.548. The minimum absolute atomic E-state index is 0.177. The molecule has 0 bridgehead atoms. The molecule has 102 valence electrons. The number of hydrogen-bond acceptors (Lipinski definition) is 3. The van der Waals surface area contributed by atoms with Crippen molar-refractivity contribution in [2.75, 3.05) is 19.8 Å². The van der Waals surface area contributed by atoms with Crippen LogP contribution in [0.2, 0.25) is 0 Å². The summed E-state index contributed by atoms with van der Waals surface area (Å²) < 4.78 is 17.6. The van der Waals surface area contributed by atoms with E-state index in [1.165, 1.54) is 5.56 Å². The van der Waals surface area contributed by atoms with Crippen LogP contribution in [0.1, 0.15) is 25.8 Å². The second-order valence-electron chi connectivity index (χ2n) is 3.91. The van der Waals surface area contributed by atoms with Gasteiger partial charge < -0.3 is 14.2 Å². The fourth-order valence-electron chi connectivity index (χ4n) is 1.57. The van der Waals surface area contributed by atoms with Crippen LogP contribution in [0.3, 0.4) is 0 Å². The molecule has 0 aliphatic heterocycles. The lowest BCUT2D eigenvalue weighted by Gasteiger charge is -2.17. The first-order chi connectivity index (χ1) is 8.67. The third kappa shape index (κ3) is 5.38. The molecular weight excluding hydrogens is 296 g/mol. The van der Waals surface area contributed by atoms with E-state index in [1.54, 1.807) is 0 Å². The highest BCUT2D eigenvalue weighted by atomic mass is 79.9. The third-order valence-corrected chi connectivity index (χ3v) is 3.02. The summed E-state index contributed by atoms with van der Waals surface area (Å²) in [5, 5.41) is 0. The first-order valence-electron chi connectivity index (χ1n) is 6.29. The zero-order chi connectivity index (χ0) is 13.4. The summed E-state index contributed by atoms with van der Waals surface area (Å²) in [6.45, 7) is 7.85. The molecule has 0 unspecified atom stereocenters. The molecule has 4 heteroatoms. The molecule has 0 aliphatic carbocycles. The lowest BCUT2D eigenvalue weighted by Crippen LogP contribution is -2.20. The Morgan fingerprint density at radius 2 is 1.83 bits per heavy atom. The van der Waals surface area contributed by atoms with Gasteiger partial charge in [0.2, 0.25) is 0 Å². The van der Waals surface area contributed by atoms with Crippen molar-refractivity contribution in [1.82, 2.24) is 0 Å². The Bertz CT molecular complexity index is 349. The Labute approximate surface area is 118 Å². The highest BCUT2D eigenvalue weighted by Gasteiger charge is 2.08. The molecule has 1 rings (SSSR count). The number of aryl methyl sites for hydroxylation is 1. The van der Waals surface area contributed by atoms with Crippen LogP contribution >= 0.6 is 15.9 Å². The summed E-state index contributed by atoms with van der Waals surface area (Å²) in [6, 6.07) is 6.04. The number of hydrogen-bond donors (Lipinski definition) is 0. The number of benzene rings is 1. The van der Waals surface area contributed by atoms with Gasteiger partial charge in [0, 0.05) is 19.6 Å². The van der Waals surface area contributed by atoms with E-state index >= 15 is 0 Å². The number of halogens is 1. The molecule has 1 aromatic carbocycles. The molecule has 0 heterocycles. The maximum Gasteiger partial charge on any atom is 0.160 e. The standard InChI is InChI=1S/C14H21BrO3/c1-4-16-14(17-5-2)8-9-18-13-7-6-11(3)10-12(13)15/h6-7,10,14H,4-5,8-9H2,1-3H3. The van der Waals surface area contributed by atoms with Crippen molar-refractivity contribution in [3.8, 4) is 5.75 Å². The van der Waals surface area contributed by atoms with Crippen molar-refractivity contribution in [2.45, 2.75) is 33.5 Å². The molecule has 0 saturated heterocycles. The van der Waals surface area contributed by atoms with Crippen molar-refractivity contribution in [3.05, 3.63) is 28.2 Å². The molecule has 0 atom stereocenters. The molecule has 1 aromatic rings. The van der Waals surface area contributed by atoms with Crippen molar-refractivity contribution in [2.24, 2.45) is 0 Å². The second kappa shape index (κ2) is 8.51. The van der Waals surface area contributed by atoms with Gasteiger partial charge in [0.15, 0.2) is 6.29 Å². The first kappa shape index (κ1) is 15.5. The number of ether oxygens (including phenoxy) is 3. The van der Waals surface area contributed by atoms with Crippen LogP contribution in [0.4, 0.5) is 0 Å². The molecular formula is C14H21BrO3. The van der Waals surface area contributed by atoms with Gasteiger partial charge in [-0.1, -0.05) is 6.07 Å². The van der Waals surface area contributed by atoms with Crippen LogP contribution < -0.4 is 4.74 Å². The average molecular weight is 317 g/mol. The molecule has 0 N–H and O–H groups in total. The third-order valence-electron chi connectivity index (χ3n) is 2.40. The quantitative estimate of drug-likeness (QED) is 0.680. The molecule has 0 spiro atoms. The van der Waals surface area contributed by atoms with Gasteiger partial charge in [0.25, 0.3) is 0 Å². The van der Waals surface area contributed by atoms with Gasteiger partial charge in [-0.2, -0.15) is 0 Å². The fraction of sp³-hybridized carbons (Fsp3) is 0.571. The van der Waals surface area contributed by atoms with Gasteiger partial charge in [0.1, 0.15) is 5.75 Å². The maximum atomic E-state index is 5.71. The van der Waals surface area contributed by atoms with Crippen molar-refractivity contribution in [3.63, 3.8) is 0 Å². The Kier molecular flexibility index (Phi) is 7.32. The lowest BCUT2D eigenvalue weighted by atomic mass is 10.2. The molecule has 0 aromatic heterocycles. The van der Waals surface area contributed by atoms with Gasteiger partial charge in [-0.25, -0.2) is 0 Å². The Morgan fingerprint density at radius 1 is 1.17 bits per heavy atom. The predicted octanol–water partition coefficient (Wildman–Crippen LogP) is 3.93. The summed E-state index contributed by atoms with van der Waals surface area (Å²) >= 11 is 3.49. The molecule has 0 radical (unpaired) electrons. The second-order valence-corrected chi connectivity index (χ2v) is 4.77. The van der Waals surface area contributed by atoms with Crippen LogP contribution in [0.15, 0.2) is 22.7 Å². The average Bonchev–Trinajstić information content (AvgIpc) is 2.32. The Hall–Kier alpha value is -0.580. The minimum Gasteiger partial charge on any atom is -0.492 e. The number of rotatable bonds is 8. The van der Waals surface area contributed by atoms with E-state index in [1.807, 2.05) is 32.0 Å². The van der Waals surface area contributed by atoms with Crippen LogP contribution in [0.5, 0.6) is 5.75 Å². The zero-order valence-corrected chi connectivity index (χ0v) is 12.8.